The van der Waals surface area contributed by atoms with Crippen LogP contribution in [0.4, 0.5) is 0 Å². The number of halogens is 2. The minimum absolute atomic E-state index is 0.185. The van der Waals surface area contributed by atoms with Crippen LogP contribution in [-0.4, -0.2) is 84.5 Å². The average Bonchev–Trinajstić information content (AvgIpc) is 2.89. The molecule has 218 valence electrons. The number of nitrogens with zero attached hydrogens (tertiary/aromatic N) is 3. The monoisotopic (exact) mass is 609 g/mol. The van der Waals surface area contributed by atoms with Gasteiger partial charge in [0.05, 0.1) is 24.1 Å². The molecular formula is C29H37Cl2N3O5S. The first-order valence-electron chi connectivity index (χ1n) is 13.6. The van der Waals surface area contributed by atoms with E-state index in [1.165, 1.54) is 10.6 Å². The topological polar surface area (TPSA) is 98.2 Å². The molecule has 11 heteroatoms. The Morgan fingerprint density at radius 3 is 2.25 bits per heavy atom. The number of carboxylic acids is 1. The molecule has 0 unspecified atom stereocenters. The van der Waals surface area contributed by atoms with Gasteiger partial charge in [0.1, 0.15) is 0 Å². The first-order chi connectivity index (χ1) is 18.8. The number of rotatable bonds is 9. The van der Waals surface area contributed by atoms with Crippen molar-refractivity contribution in [1.29, 1.82) is 0 Å². The second-order valence-electron chi connectivity index (χ2n) is 11.2. The summed E-state index contributed by atoms with van der Waals surface area (Å²) in [6, 6.07) is 14.5. The van der Waals surface area contributed by atoms with Crippen LogP contribution >= 0.6 is 23.2 Å². The van der Waals surface area contributed by atoms with Crippen molar-refractivity contribution in [3.63, 3.8) is 0 Å². The highest BCUT2D eigenvalue weighted by Crippen LogP contribution is 2.52. The summed E-state index contributed by atoms with van der Waals surface area (Å²) in [6.45, 7) is 6.24. The number of sulfonamides is 1. The second kappa shape index (κ2) is 12.4. The van der Waals surface area contributed by atoms with Gasteiger partial charge in [0.15, 0.2) is 0 Å². The van der Waals surface area contributed by atoms with E-state index in [0.717, 1.165) is 11.1 Å². The Labute approximate surface area is 246 Å². The van der Waals surface area contributed by atoms with E-state index in [2.05, 4.69) is 4.90 Å². The summed E-state index contributed by atoms with van der Waals surface area (Å²) in [4.78, 5) is 30.5. The molecule has 0 bridgehead atoms. The van der Waals surface area contributed by atoms with Crippen molar-refractivity contribution in [3.05, 3.63) is 69.7 Å². The second-order valence-corrected chi connectivity index (χ2v) is 14.1. The number of carbonyl (C=O) groups excluding carboxylic acids is 1. The first-order valence-corrected chi connectivity index (χ1v) is 16.2. The first kappa shape index (κ1) is 30.8. The maximum Gasteiger partial charge on any atom is 0.304 e. The van der Waals surface area contributed by atoms with Gasteiger partial charge < -0.3 is 10.0 Å². The summed E-state index contributed by atoms with van der Waals surface area (Å²) in [5.41, 5.74) is 0.739. The Morgan fingerprint density at radius 1 is 1.05 bits per heavy atom. The van der Waals surface area contributed by atoms with E-state index in [1.54, 1.807) is 13.0 Å². The van der Waals surface area contributed by atoms with Gasteiger partial charge in [-0.3, -0.25) is 14.5 Å². The lowest BCUT2D eigenvalue weighted by Gasteiger charge is -2.52. The fraction of sp³-hybridized carbons (Fsp3) is 0.517. The number of aliphatic carboxylic acids is 1. The lowest BCUT2D eigenvalue weighted by atomic mass is 9.67. The van der Waals surface area contributed by atoms with Gasteiger partial charge in [0.2, 0.25) is 15.9 Å². The molecule has 0 saturated carbocycles. The number of carbonyl (C=O) groups is 2. The Balaban J connectivity index is 1.77. The van der Waals surface area contributed by atoms with Gasteiger partial charge in [-0.15, -0.1) is 0 Å². The van der Waals surface area contributed by atoms with Crippen LogP contribution in [0.1, 0.15) is 56.2 Å². The van der Waals surface area contributed by atoms with E-state index in [9.17, 15) is 23.1 Å². The zero-order valence-corrected chi connectivity index (χ0v) is 25.4. The molecule has 2 saturated heterocycles. The predicted molar refractivity (Wildman–Crippen MR) is 157 cm³/mol. The molecule has 1 N–H and O–H groups in total. The van der Waals surface area contributed by atoms with E-state index < -0.39 is 21.4 Å². The van der Waals surface area contributed by atoms with Gasteiger partial charge >= 0.3 is 5.97 Å². The fourth-order valence-electron chi connectivity index (χ4n) is 6.24. The maximum atomic E-state index is 14.4. The molecule has 4 atom stereocenters. The highest BCUT2D eigenvalue weighted by Gasteiger charge is 2.52. The largest absolute Gasteiger partial charge is 0.481 e. The van der Waals surface area contributed by atoms with Crippen molar-refractivity contribution in [2.24, 2.45) is 5.41 Å². The smallest absolute Gasteiger partial charge is 0.304 e. The van der Waals surface area contributed by atoms with Crippen LogP contribution in [0, 0.1) is 5.41 Å². The third-order valence-corrected chi connectivity index (χ3v) is 10.1. The molecule has 0 aliphatic carbocycles. The van der Waals surface area contributed by atoms with Crippen molar-refractivity contribution in [3.8, 4) is 0 Å². The number of amides is 1. The van der Waals surface area contributed by atoms with Crippen molar-refractivity contribution < 1.29 is 23.1 Å². The molecule has 40 heavy (non-hydrogen) atoms. The summed E-state index contributed by atoms with van der Waals surface area (Å²) in [6.07, 6.45) is 1.94. The molecule has 2 aromatic rings. The standard InChI is InChI=1S/C29H37Cl2N3O5S/c1-4-24(19-32-12-14-33(15-13-32)40(3,38)39)34-27(20-8-10-22(30)11-9-20)25(21-6-5-7-23(31)16-21)17-29(2,28(34)37)18-26(35)36/h5-11,16,24-25,27H,4,12-15,17-19H2,1-3H3,(H,35,36)/t24-,25+,27+,29-/m0/s1. The maximum absolute atomic E-state index is 14.4. The number of hydrogen-bond acceptors (Lipinski definition) is 5. The van der Waals surface area contributed by atoms with Crippen molar-refractivity contribution in [2.45, 2.75) is 51.1 Å². The van der Waals surface area contributed by atoms with Gasteiger partial charge in [0.25, 0.3) is 0 Å². The molecular weight excluding hydrogens is 573 g/mol. The summed E-state index contributed by atoms with van der Waals surface area (Å²) in [7, 11) is -3.26. The Kier molecular flexibility index (Phi) is 9.52. The number of piperidine rings is 1. The molecule has 2 fully saturated rings. The van der Waals surface area contributed by atoms with Gasteiger partial charge in [-0.1, -0.05) is 61.3 Å². The zero-order chi connectivity index (χ0) is 29.2. The lowest BCUT2D eigenvalue weighted by molar-refractivity contribution is -0.161. The number of hydrogen-bond donors (Lipinski definition) is 1. The van der Waals surface area contributed by atoms with Gasteiger partial charge in [-0.05, 0) is 48.2 Å². The predicted octanol–water partition coefficient (Wildman–Crippen LogP) is 4.89. The van der Waals surface area contributed by atoms with E-state index in [0.29, 0.717) is 55.6 Å². The van der Waals surface area contributed by atoms with Crippen molar-refractivity contribution in [2.75, 3.05) is 39.0 Å². The van der Waals surface area contributed by atoms with Crippen LogP contribution in [0.5, 0.6) is 0 Å². The summed E-state index contributed by atoms with van der Waals surface area (Å²) in [5, 5.41) is 11.0. The van der Waals surface area contributed by atoms with Crippen molar-refractivity contribution >= 4 is 45.1 Å². The van der Waals surface area contributed by atoms with Crippen LogP contribution in [-0.2, 0) is 19.6 Å². The SMILES string of the molecule is CC[C@@H](CN1CCN(S(C)(=O)=O)CC1)N1C(=O)[C@](C)(CC(=O)O)C[C@H](c2cccc(Cl)c2)[C@H]1c1ccc(Cl)cc1. The fourth-order valence-corrected chi connectivity index (χ4v) is 7.39. The summed E-state index contributed by atoms with van der Waals surface area (Å²) in [5.74, 6) is -1.41. The van der Waals surface area contributed by atoms with Gasteiger partial charge in [-0.25, -0.2) is 8.42 Å². The normalized spacial score (nSPS) is 25.6. The third-order valence-electron chi connectivity index (χ3n) is 8.27. The van der Waals surface area contributed by atoms with Crippen LogP contribution < -0.4 is 0 Å². The molecule has 2 aliphatic heterocycles. The number of carboxylic acid groups (broad SMARTS) is 1. The Hall–Kier alpha value is -2.17. The van der Waals surface area contributed by atoms with E-state index in [-0.39, 0.29) is 30.3 Å². The molecule has 2 heterocycles. The number of piperazine rings is 1. The van der Waals surface area contributed by atoms with E-state index >= 15 is 0 Å². The summed E-state index contributed by atoms with van der Waals surface area (Å²) >= 11 is 12.7. The van der Waals surface area contributed by atoms with E-state index in [1.807, 2.05) is 54.3 Å². The molecule has 4 rings (SSSR count). The molecule has 0 radical (unpaired) electrons. The quantitative estimate of drug-likeness (QED) is 0.435. The molecule has 8 nitrogen and oxygen atoms in total. The van der Waals surface area contributed by atoms with Crippen LogP contribution in [0.15, 0.2) is 48.5 Å². The molecule has 0 spiro atoms. The Bertz CT molecular complexity index is 1330. The highest BCUT2D eigenvalue weighted by molar-refractivity contribution is 7.88. The Morgan fingerprint density at radius 2 is 1.70 bits per heavy atom. The third kappa shape index (κ3) is 6.82. The lowest BCUT2D eigenvalue weighted by Crippen LogP contribution is -2.59. The minimum atomic E-state index is -3.26. The zero-order valence-electron chi connectivity index (χ0n) is 23.1. The van der Waals surface area contributed by atoms with Gasteiger partial charge in [-0.2, -0.15) is 4.31 Å². The van der Waals surface area contributed by atoms with Crippen LogP contribution in [0.3, 0.4) is 0 Å². The highest BCUT2D eigenvalue weighted by atomic mass is 35.5. The molecule has 1 amide bonds. The number of benzene rings is 2. The number of likely N-dealkylation sites (tertiary alicyclic amines) is 1. The molecule has 2 aliphatic rings. The molecule has 0 aromatic heterocycles. The van der Waals surface area contributed by atoms with Gasteiger partial charge in [0, 0.05) is 54.7 Å². The summed E-state index contributed by atoms with van der Waals surface area (Å²) < 4.78 is 25.5. The van der Waals surface area contributed by atoms with Crippen molar-refractivity contribution in [1.82, 2.24) is 14.1 Å². The van der Waals surface area contributed by atoms with Crippen LogP contribution in [0.25, 0.3) is 0 Å². The van der Waals surface area contributed by atoms with Crippen LogP contribution in [0.2, 0.25) is 10.0 Å². The minimum Gasteiger partial charge on any atom is -0.481 e. The molecule has 2 aromatic carbocycles. The average molecular weight is 611 g/mol. The van der Waals surface area contributed by atoms with E-state index in [4.69, 9.17) is 23.2 Å².